The maximum atomic E-state index is 10.8. The van der Waals surface area contributed by atoms with E-state index in [1.165, 1.54) is 7.11 Å². The lowest BCUT2D eigenvalue weighted by Gasteiger charge is -1.99. The van der Waals surface area contributed by atoms with Gasteiger partial charge in [-0.05, 0) is 5.92 Å². The summed E-state index contributed by atoms with van der Waals surface area (Å²) in [7, 11) is 1.31. The highest BCUT2D eigenvalue weighted by Gasteiger charge is 2.05. The number of carbonyl (C=O) groups excluding carboxylic acids is 1. The predicted octanol–water partition coefficient (Wildman–Crippen LogP) is 1.38. The van der Waals surface area contributed by atoms with Crippen LogP contribution in [0.15, 0.2) is 11.6 Å². The fourth-order valence-electron chi connectivity index (χ4n) is 0.618. The van der Waals surface area contributed by atoms with Crippen molar-refractivity contribution < 1.29 is 9.53 Å². The molecule has 0 aromatic carbocycles. The minimum atomic E-state index is -0.443. The summed E-state index contributed by atoms with van der Waals surface area (Å²) in [6.45, 7) is 3.89. The monoisotopic (exact) mass is 152 g/mol. The van der Waals surface area contributed by atoms with Crippen molar-refractivity contribution in [2.24, 2.45) is 5.92 Å². The smallest absolute Gasteiger partial charge is 0.346 e. The van der Waals surface area contributed by atoms with Crippen LogP contribution in [0.4, 0.5) is 0 Å². The van der Waals surface area contributed by atoms with Crippen molar-refractivity contribution in [3.8, 4) is 12.3 Å². The molecule has 0 saturated heterocycles. The molecule has 0 fully saturated rings. The first-order valence-electron chi connectivity index (χ1n) is 3.38. The van der Waals surface area contributed by atoms with E-state index in [1.807, 2.05) is 13.8 Å². The van der Waals surface area contributed by atoms with Gasteiger partial charge in [-0.1, -0.05) is 25.8 Å². The second kappa shape index (κ2) is 4.56. The van der Waals surface area contributed by atoms with Crippen molar-refractivity contribution in [2.75, 3.05) is 7.11 Å². The number of carbonyl (C=O) groups is 1. The van der Waals surface area contributed by atoms with E-state index in [1.54, 1.807) is 6.08 Å². The van der Waals surface area contributed by atoms with Gasteiger partial charge < -0.3 is 4.74 Å². The number of hydrogen-bond acceptors (Lipinski definition) is 2. The van der Waals surface area contributed by atoms with E-state index in [9.17, 15) is 4.79 Å². The van der Waals surface area contributed by atoms with E-state index >= 15 is 0 Å². The van der Waals surface area contributed by atoms with E-state index in [-0.39, 0.29) is 5.92 Å². The Kier molecular flexibility index (Phi) is 4.05. The summed E-state index contributed by atoms with van der Waals surface area (Å²) in [5.74, 6) is 2.09. The van der Waals surface area contributed by atoms with Gasteiger partial charge in [0.2, 0.25) is 0 Å². The fourth-order valence-corrected chi connectivity index (χ4v) is 0.618. The van der Waals surface area contributed by atoms with Crippen molar-refractivity contribution in [1.82, 2.24) is 0 Å². The highest BCUT2D eigenvalue weighted by Crippen LogP contribution is 2.02. The molecule has 0 aromatic rings. The van der Waals surface area contributed by atoms with Gasteiger partial charge in [-0.3, -0.25) is 0 Å². The Balaban J connectivity index is 4.43. The number of rotatable bonds is 2. The summed E-state index contributed by atoms with van der Waals surface area (Å²) in [5, 5.41) is 0. The lowest BCUT2D eigenvalue weighted by atomic mass is 10.1. The number of ether oxygens (including phenoxy) is 1. The van der Waals surface area contributed by atoms with Crippen LogP contribution >= 0.6 is 0 Å². The maximum absolute atomic E-state index is 10.8. The second-order valence-corrected chi connectivity index (χ2v) is 2.46. The summed E-state index contributed by atoms with van der Waals surface area (Å²) < 4.78 is 4.45. The molecule has 0 aliphatic heterocycles. The minimum Gasteiger partial charge on any atom is -0.465 e. The van der Waals surface area contributed by atoms with Crippen LogP contribution in [0, 0.1) is 18.3 Å². The highest BCUT2D eigenvalue weighted by atomic mass is 16.5. The molecular weight excluding hydrogens is 140 g/mol. The number of terminal acetylenes is 1. The quantitative estimate of drug-likeness (QED) is 0.339. The molecule has 0 aromatic heterocycles. The van der Waals surface area contributed by atoms with Gasteiger partial charge in [0.15, 0.2) is 0 Å². The third kappa shape index (κ3) is 3.47. The molecule has 11 heavy (non-hydrogen) atoms. The van der Waals surface area contributed by atoms with Gasteiger partial charge in [0, 0.05) is 0 Å². The first-order valence-corrected chi connectivity index (χ1v) is 3.38. The second-order valence-electron chi connectivity index (χ2n) is 2.46. The molecule has 0 saturated carbocycles. The largest absolute Gasteiger partial charge is 0.465 e. The molecule has 60 valence electrons. The molecule has 0 rings (SSSR count). The van der Waals surface area contributed by atoms with Gasteiger partial charge in [-0.15, -0.1) is 6.42 Å². The lowest BCUT2D eigenvalue weighted by Crippen LogP contribution is -2.03. The van der Waals surface area contributed by atoms with Gasteiger partial charge in [0.1, 0.15) is 5.57 Å². The molecule has 0 aliphatic rings. The average molecular weight is 152 g/mol. The van der Waals surface area contributed by atoms with Crippen molar-refractivity contribution in [2.45, 2.75) is 13.8 Å². The molecule has 0 unspecified atom stereocenters. The van der Waals surface area contributed by atoms with Crippen LogP contribution in [0.3, 0.4) is 0 Å². The first kappa shape index (κ1) is 9.77. The zero-order valence-electron chi connectivity index (χ0n) is 7.05. The van der Waals surface area contributed by atoms with Crippen LogP contribution in [0.5, 0.6) is 0 Å². The summed E-state index contributed by atoms with van der Waals surface area (Å²) in [4.78, 5) is 10.8. The fraction of sp³-hybridized carbons (Fsp3) is 0.444. The van der Waals surface area contributed by atoms with Crippen molar-refractivity contribution in [3.63, 3.8) is 0 Å². The normalized spacial score (nSPS) is 11.0. The Morgan fingerprint density at radius 1 is 1.64 bits per heavy atom. The van der Waals surface area contributed by atoms with Gasteiger partial charge in [-0.25, -0.2) is 4.79 Å². The van der Waals surface area contributed by atoms with Crippen LogP contribution < -0.4 is 0 Å². The number of hydrogen-bond donors (Lipinski definition) is 0. The zero-order chi connectivity index (χ0) is 8.85. The van der Waals surface area contributed by atoms with Crippen molar-refractivity contribution in [1.29, 1.82) is 0 Å². The van der Waals surface area contributed by atoms with Crippen LogP contribution in [0.2, 0.25) is 0 Å². The van der Waals surface area contributed by atoms with E-state index in [2.05, 4.69) is 10.7 Å². The zero-order valence-corrected chi connectivity index (χ0v) is 7.05. The van der Waals surface area contributed by atoms with Gasteiger partial charge in [0.05, 0.1) is 7.11 Å². The van der Waals surface area contributed by atoms with Crippen LogP contribution in [-0.4, -0.2) is 13.1 Å². The molecule has 0 aliphatic carbocycles. The lowest BCUT2D eigenvalue weighted by molar-refractivity contribution is -0.135. The standard InChI is InChI=1S/C9H12O2/c1-5-8(6-7(2)3)9(10)11-4/h1,6-7H,2-4H3/b8-6+. The topological polar surface area (TPSA) is 26.3 Å². The van der Waals surface area contributed by atoms with E-state index in [0.29, 0.717) is 5.57 Å². The molecule has 0 amide bonds. The molecule has 2 nitrogen and oxygen atoms in total. The van der Waals surface area contributed by atoms with E-state index < -0.39 is 5.97 Å². The van der Waals surface area contributed by atoms with Crippen molar-refractivity contribution in [3.05, 3.63) is 11.6 Å². The first-order chi connectivity index (χ1) is 5.11. The summed E-state index contributed by atoms with van der Waals surface area (Å²) in [6, 6.07) is 0. The Labute approximate surface area is 67.2 Å². The Morgan fingerprint density at radius 2 is 2.18 bits per heavy atom. The highest BCUT2D eigenvalue weighted by molar-refractivity contribution is 5.93. The summed E-state index contributed by atoms with van der Waals surface area (Å²) in [5.41, 5.74) is 0.294. The Hall–Kier alpha value is -1.23. The minimum absolute atomic E-state index is 0.264. The molecule has 0 bridgehead atoms. The van der Waals surface area contributed by atoms with Crippen molar-refractivity contribution >= 4 is 5.97 Å². The molecule has 0 radical (unpaired) electrons. The SMILES string of the molecule is C#C/C(=C\C(C)C)C(=O)OC. The van der Waals surface area contributed by atoms with Gasteiger partial charge in [-0.2, -0.15) is 0 Å². The molecule has 0 spiro atoms. The molecular formula is C9H12O2. The number of methoxy groups -OCH3 is 1. The van der Waals surface area contributed by atoms with E-state index in [4.69, 9.17) is 6.42 Å². The molecule has 0 heterocycles. The average Bonchev–Trinajstić information content (AvgIpc) is 1.98. The van der Waals surface area contributed by atoms with Gasteiger partial charge in [0.25, 0.3) is 0 Å². The van der Waals surface area contributed by atoms with E-state index in [0.717, 1.165) is 0 Å². The number of esters is 1. The summed E-state index contributed by atoms with van der Waals surface area (Å²) >= 11 is 0. The van der Waals surface area contributed by atoms with Crippen LogP contribution in [-0.2, 0) is 9.53 Å². The third-order valence-electron chi connectivity index (χ3n) is 1.06. The predicted molar refractivity (Wildman–Crippen MR) is 43.8 cm³/mol. The Bertz CT molecular complexity index is 206. The van der Waals surface area contributed by atoms with Gasteiger partial charge >= 0.3 is 5.97 Å². The molecule has 0 N–H and O–H groups in total. The maximum Gasteiger partial charge on any atom is 0.346 e. The van der Waals surface area contributed by atoms with Crippen LogP contribution in [0.25, 0.3) is 0 Å². The molecule has 0 atom stereocenters. The summed E-state index contributed by atoms with van der Waals surface area (Å²) in [6.07, 6.45) is 6.78. The third-order valence-corrected chi connectivity index (χ3v) is 1.06. The number of allylic oxidation sites excluding steroid dienone is 1. The molecule has 2 heteroatoms. The Morgan fingerprint density at radius 3 is 2.45 bits per heavy atom. The van der Waals surface area contributed by atoms with Crippen LogP contribution in [0.1, 0.15) is 13.8 Å².